The molecule has 0 aliphatic heterocycles. The highest BCUT2D eigenvalue weighted by Crippen LogP contribution is 2.28. The Labute approximate surface area is 173 Å². The van der Waals surface area contributed by atoms with Crippen LogP contribution in [0.3, 0.4) is 0 Å². The second kappa shape index (κ2) is 7.50. The molecule has 2 heterocycles. The normalized spacial score (nSPS) is 11.6. The van der Waals surface area contributed by atoms with Crippen molar-refractivity contribution >= 4 is 38.3 Å². The number of halogens is 3. The molecule has 2 N–H and O–H groups in total. The fourth-order valence-corrected chi connectivity index (χ4v) is 4.16. The highest BCUT2D eigenvalue weighted by atomic mass is 35.5. The lowest BCUT2D eigenvalue weighted by Crippen LogP contribution is -2.15. The third-order valence-corrected chi connectivity index (χ3v) is 5.71. The zero-order chi connectivity index (χ0) is 21.5. The Balaban J connectivity index is 1.65. The minimum Gasteiger partial charge on any atom is -0.480 e. The first-order chi connectivity index (χ1) is 14.3. The van der Waals surface area contributed by atoms with Crippen LogP contribution in [0.4, 0.5) is 14.5 Å². The average Bonchev–Trinajstić information content (AvgIpc) is 3.19. The maximum atomic E-state index is 13.9. The monoisotopic (exact) mass is 451 g/mol. The van der Waals surface area contributed by atoms with Crippen molar-refractivity contribution < 1.29 is 21.9 Å². The maximum absolute atomic E-state index is 13.9. The fourth-order valence-electron chi connectivity index (χ4n) is 2.72. The van der Waals surface area contributed by atoms with Crippen molar-refractivity contribution in [1.82, 2.24) is 20.2 Å². The predicted molar refractivity (Wildman–Crippen MR) is 106 cm³/mol. The number of anilines is 1. The SMILES string of the molecule is COc1nc(-c2ccc(NS(=O)(=O)c3cc(Cl)cc(F)c3F)cc2)nc2[nH]ncc12. The smallest absolute Gasteiger partial charge is 0.264 e. The van der Waals surface area contributed by atoms with Crippen molar-refractivity contribution in [3.05, 3.63) is 59.3 Å². The van der Waals surface area contributed by atoms with Crippen molar-refractivity contribution in [1.29, 1.82) is 0 Å². The van der Waals surface area contributed by atoms with Crippen LogP contribution in [0, 0.1) is 11.6 Å². The molecule has 0 bridgehead atoms. The Morgan fingerprint density at radius 1 is 1.13 bits per heavy atom. The van der Waals surface area contributed by atoms with Gasteiger partial charge in [0.25, 0.3) is 10.0 Å². The summed E-state index contributed by atoms with van der Waals surface area (Å²) in [4.78, 5) is 7.76. The molecule has 4 aromatic rings. The van der Waals surface area contributed by atoms with E-state index in [0.717, 1.165) is 6.07 Å². The summed E-state index contributed by atoms with van der Waals surface area (Å²) in [7, 11) is -2.95. The van der Waals surface area contributed by atoms with E-state index in [4.69, 9.17) is 16.3 Å². The van der Waals surface area contributed by atoms with Gasteiger partial charge in [-0.05, 0) is 36.4 Å². The fraction of sp³-hybridized carbons (Fsp3) is 0.0556. The second-order valence-corrected chi connectivity index (χ2v) is 8.16. The van der Waals surface area contributed by atoms with Crippen LogP contribution in [0.25, 0.3) is 22.4 Å². The van der Waals surface area contributed by atoms with Crippen LogP contribution in [0.15, 0.2) is 47.5 Å². The molecule has 2 aromatic heterocycles. The zero-order valence-electron chi connectivity index (χ0n) is 15.1. The number of fused-ring (bicyclic) bond motifs is 1. The van der Waals surface area contributed by atoms with Gasteiger partial charge < -0.3 is 4.74 Å². The Morgan fingerprint density at radius 3 is 2.57 bits per heavy atom. The number of sulfonamides is 1. The number of H-pyrrole nitrogens is 1. The highest BCUT2D eigenvalue weighted by molar-refractivity contribution is 7.92. The predicted octanol–water partition coefficient (Wildman–Crippen LogP) is 3.76. The number of hydrogen-bond acceptors (Lipinski definition) is 6. The number of hydrogen-bond donors (Lipinski definition) is 2. The maximum Gasteiger partial charge on any atom is 0.264 e. The van der Waals surface area contributed by atoms with Gasteiger partial charge in [0.05, 0.1) is 13.3 Å². The summed E-state index contributed by atoms with van der Waals surface area (Å²) in [5.74, 6) is -2.23. The van der Waals surface area contributed by atoms with E-state index in [1.165, 1.54) is 25.4 Å². The van der Waals surface area contributed by atoms with Crippen LogP contribution in [-0.2, 0) is 10.0 Å². The van der Waals surface area contributed by atoms with E-state index in [2.05, 4.69) is 24.9 Å². The van der Waals surface area contributed by atoms with Crippen molar-refractivity contribution in [3.63, 3.8) is 0 Å². The lowest BCUT2D eigenvalue weighted by molar-refractivity contribution is 0.403. The van der Waals surface area contributed by atoms with E-state index in [1.807, 2.05) is 0 Å². The van der Waals surface area contributed by atoms with E-state index >= 15 is 0 Å². The number of rotatable bonds is 5. The molecule has 0 amide bonds. The van der Waals surface area contributed by atoms with Gasteiger partial charge in [-0.25, -0.2) is 22.2 Å². The summed E-state index contributed by atoms with van der Waals surface area (Å²) in [5, 5.41) is 6.99. The molecule has 2 aromatic carbocycles. The van der Waals surface area contributed by atoms with Gasteiger partial charge in [-0.3, -0.25) is 9.82 Å². The number of ether oxygens (including phenoxy) is 1. The molecule has 0 spiro atoms. The molecule has 0 aliphatic carbocycles. The van der Waals surface area contributed by atoms with E-state index in [-0.39, 0.29) is 10.7 Å². The standard InChI is InChI=1S/C18H12ClF2N5O3S/c1-29-18-12-8-22-25-17(12)23-16(24-18)9-2-4-11(5-3-9)26-30(27,28)14-7-10(19)6-13(20)15(14)21/h2-8,26H,1H3,(H,22,23,24,25). The summed E-state index contributed by atoms with van der Waals surface area (Å²) in [5.41, 5.74) is 1.15. The van der Waals surface area contributed by atoms with Crippen molar-refractivity contribution in [2.45, 2.75) is 4.90 Å². The van der Waals surface area contributed by atoms with Crippen LogP contribution in [0.2, 0.25) is 5.02 Å². The van der Waals surface area contributed by atoms with Crippen LogP contribution < -0.4 is 9.46 Å². The summed E-state index contributed by atoms with van der Waals surface area (Å²) in [6, 6.07) is 7.50. The molecule has 0 saturated carbocycles. The van der Waals surface area contributed by atoms with Gasteiger partial charge >= 0.3 is 0 Å². The zero-order valence-corrected chi connectivity index (χ0v) is 16.7. The van der Waals surface area contributed by atoms with E-state index < -0.39 is 26.6 Å². The van der Waals surface area contributed by atoms with Gasteiger partial charge in [-0.2, -0.15) is 10.1 Å². The quantitative estimate of drug-likeness (QED) is 0.447. The molecule has 8 nitrogen and oxygen atoms in total. The lowest BCUT2D eigenvalue weighted by atomic mass is 10.2. The molecule has 0 saturated heterocycles. The van der Waals surface area contributed by atoms with Crippen LogP contribution in [0.5, 0.6) is 5.88 Å². The van der Waals surface area contributed by atoms with Crippen molar-refractivity contribution in [2.24, 2.45) is 0 Å². The summed E-state index contributed by atoms with van der Waals surface area (Å²) in [6.45, 7) is 0. The number of benzene rings is 2. The van der Waals surface area contributed by atoms with Gasteiger partial charge in [0, 0.05) is 16.3 Å². The Kier molecular flexibility index (Phi) is 5.00. The average molecular weight is 452 g/mol. The first-order valence-corrected chi connectivity index (χ1v) is 10.2. The summed E-state index contributed by atoms with van der Waals surface area (Å²) < 4.78 is 59.8. The second-order valence-electron chi connectivity index (χ2n) is 6.07. The summed E-state index contributed by atoms with van der Waals surface area (Å²) >= 11 is 5.65. The Bertz CT molecular complexity index is 1360. The van der Waals surface area contributed by atoms with Crippen LogP contribution in [0.1, 0.15) is 0 Å². The third kappa shape index (κ3) is 3.64. The first-order valence-electron chi connectivity index (χ1n) is 8.31. The number of aromatic amines is 1. The molecule has 154 valence electrons. The first kappa shape index (κ1) is 20.0. The molecule has 30 heavy (non-hydrogen) atoms. The minimum atomic E-state index is -4.41. The van der Waals surface area contributed by atoms with Gasteiger partial charge in [0.2, 0.25) is 5.88 Å². The molecule has 0 radical (unpaired) electrons. The Morgan fingerprint density at radius 2 is 1.87 bits per heavy atom. The molecule has 0 fully saturated rings. The van der Waals surface area contributed by atoms with Gasteiger partial charge in [0.15, 0.2) is 23.1 Å². The number of aromatic nitrogens is 4. The summed E-state index contributed by atoms with van der Waals surface area (Å²) in [6.07, 6.45) is 1.54. The van der Waals surface area contributed by atoms with Gasteiger partial charge in [0.1, 0.15) is 10.3 Å². The number of nitrogens with one attached hydrogen (secondary N) is 2. The van der Waals surface area contributed by atoms with Crippen molar-refractivity contribution in [2.75, 3.05) is 11.8 Å². The topological polar surface area (TPSA) is 110 Å². The van der Waals surface area contributed by atoms with E-state index in [9.17, 15) is 17.2 Å². The van der Waals surface area contributed by atoms with E-state index in [1.54, 1.807) is 12.1 Å². The van der Waals surface area contributed by atoms with Crippen LogP contribution in [-0.4, -0.2) is 35.7 Å². The van der Waals surface area contributed by atoms with Crippen molar-refractivity contribution in [3.8, 4) is 17.3 Å². The minimum absolute atomic E-state index is 0.119. The molecule has 12 heteroatoms. The largest absolute Gasteiger partial charge is 0.480 e. The molecule has 0 aliphatic rings. The molecule has 4 rings (SSSR count). The molecular weight excluding hydrogens is 440 g/mol. The highest BCUT2D eigenvalue weighted by Gasteiger charge is 2.23. The number of methoxy groups -OCH3 is 1. The number of nitrogens with zero attached hydrogens (tertiary/aromatic N) is 3. The third-order valence-electron chi connectivity index (χ3n) is 4.11. The molecular formula is C18H12ClF2N5O3S. The van der Waals surface area contributed by atoms with Crippen LogP contribution >= 0.6 is 11.6 Å². The molecule has 0 atom stereocenters. The Hall–Kier alpha value is -3.31. The molecule has 0 unspecified atom stereocenters. The lowest BCUT2D eigenvalue weighted by Gasteiger charge is -2.10. The van der Waals surface area contributed by atoms with E-state index in [0.29, 0.717) is 34.4 Å². The van der Waals surface area contributed by atoms with Gasteiger partial charge in [-0.15, -0.1) is 0 Å². The van der Waals surface area contributed by atoms with Gasteiger partial charge in [-0.1, -0.05) is 11.6 Å².